The summed E-state index contributed by atoms with van der Waals surface area (Å²) in [4.78, 5) is 29.8. The number of amides is 1. The number of aryl methyl sites for hydroxylation is 1. The standard InChI is InChI=1S/C27H25N5O2/c33-25(14-13-20-7-2-1-3-8-20)28-15-16-32-26-24(17-30-32)27(34)31(19-29-26)18-22-11-6-10-21-9-4-5-12-23(21)22/h1-12,17,19H,13-16,18H2,(H,28,33). The van der Waals surface area contributed by atoms with Gasteiger partial charge in [-0.2, -0.15) is 5.10 Å². The molecule has 0 aliphatic heterocycles. The van der Waals surface area contributed by atoms with Gasteiger partial charge in [-0.1, -0.05) is 72.8 Å². The molecule has 0 atom stereocenters. The maximum Gasteiger partial charge on any atom is 0.264 e. The van der Waals surface area contributed by atoms with Gasteiger partial charge in [0.2, 0.25) is 5.91 Å². The molecule has 0 fully saturated rings. The summed E-state index contributed by atoms with van der Waals surface area (Å²) in [5.74, 6) is -0.00860. The Morgan fingerprint density at radius 2 is 1.71 bits per heavy atom. The molecule has 5 aromatic rings. The van der Waals surface area contributed by atoms with Crippen molar-refractivity contribution in [1.82, 2.24) is 24.6 Å². The van der Waals surface area contributed by atoms with E-state index in [0.717, 1.165) is 21.9 Å². The molecule has 1 amide bonds. The van der Waals surface area contributed by atoms with E-state index in [9.17, 15) is 9.59 Å². The Hall–Kier alpha value is -4.26. The zero-order chi connectivity index (χ0) is 23.3. The molecule has 2 heterocycles. The molecule has 2 aromatic heterocycles. The number of nitrogens with one attached hydrogen (secondary N) is 1. The fourth-order valence-corrected chi connectivity index (χ4v) is 4.18. The second-order valence-corrected chi connectivity index (χ2v) is 8.26. The molecule has 0 saturated carbocycles. The van der Waals surface area contributed by atoms with Crippen molar-refractivity contribution in [3.63, 3.8) is 0 Å². The molecule has 0 aliphatic carbocycles. The Morgan fingerprint density at radius 1 is 0.912 bits per heavy atom. The molecule has 34 heavy (non-hydrogen) atoms. The van der Waals surface area contributed by atoms with Gasteiger partial charge in [-0.15, -0.1) is 0 Å². The molecule has 7 heteroatoms. The molecule has 0 bridgehead atoms. The van der Waals surface area contributed by atoms with E-state index in [0.29, 0.717) is 43.5 Å². The number of nitrogens with zero attached hydrogens (tertiary/aromatic N) is 4. The molecule has 1 N–H and O–H groups in total. The van der Waals surface area contributed by atoms with E-state index < -0.39 is 0 Å². The summed E-state index contributed by atoms with van der Waals surface area (Å²) in [6, 6.07) is 24.2. The first kappa shape index (κ1) is 21.6. The Balaban J connectivity index is 1.24. The molecule has 7 nitrogen and oxygen atoms in total. The van der Waals surface area contributed by atoms with Gasteiger partial charge < -0.3 is 5.32 Å². The summed E-state index contributed by atoms with van der Waals surface area (Å²) < 4.78 is 3.28. The summed E-state index contributed by atoms with van der Waals surface area (Å²) in [5.41, 5.74) is 2.60. The average Bonchev–Trinajstić information content (AvgIpc) is 3.29. The Labute approximate surface area is 196 Å². The third-order valence-electron chi connectivity index (χ3n) is 5.97. The van der Waals surface area contributed by atoms with Crippen LogP contribution in [0, 0.1) is 0 Å². The summed E-state index contributed by atoms with van der Waals surface area (Å²) in [6.45, 7) is 1.30. The van der Waals surface area contributed by atoms with Crippen LogP contribution in [0.1, 0.15) is 17.5 Å². The first-order valence-corrected chi connectivity index (χ1v) is 11.4. The van der Waals surface area contributed by atoms with Crippen LogP contribution >= 0.6 is 0 Å². The maximum atomic E-state index is 13.1. The van der Waals surface area contributed by atoms with Crippen molar-refractivity contribution in [1.29, 1.82) is 0 Å². The highest BCUT2D eigenvalue weighted by molar-refractivity contribution is 5.85. The van der Waals surface area contributed by atoms with Crippen LogP contribution in [0.15, 0.2) is 90.1 Å². The van der Waals surface area contributed by atoms with Gasteiger partial charge in [-0.3, -0.25) is 14.2 Å². The van der Waals surface area contributed by atoms with E-state index in [1.165, 1.54) is 0 Å². The predicted octanol–water partition coefficient (Wildman–Crippen LogP) is 3.54. The second-order valence-electron chi connectivity index (χ2n) is 8.26. The number of carbonyl (C=O) groups excluding carboxylic acids is 1. The minimum atomic E-state index is -0.129. The fraction of sp³-hybridized carbons (Fsp3) is 0.185. The lowest BCUT2D eigenvalue weighted by Gasteiger charge is -2.09. The highest BCUT2D eigenvalue weighted by Gasteiger charge is 2.12. The zero-order valence-electron chi connectivity index (χ0n) is 18.7. The first-order valence-electron chi connectivity index (χ1n) is 11.4. The fourth-order valence-electron chi connectivity index (χ4n) is 4.18. The highest BCUT2D eigenvalue weighted by atomic mass is 16.1. The molecular formula is C27H25N5O2. The van der Waals surface area contributed by atoms with Gasteiger partial charge in [-0.05, 0) is 28.3 Å². The minimum absolute atomic E-state index is 0.00860. The van der Waals surface area contributed by atoms with Gasteiger partial charge in [0.15, 0.2) is 5.65 Å². The number of aromatic nitrogens is 4. The third kappa shape index (κ3) is 4.59. The topological polar surface area (TPSA) is 81.8 Å². The molecule has 170 valence electrons. The van der Waals surface area contributed by atoms with Crippen LogP contribution in [0.5, 0.6) is 0 Å². The van der Waals surface area contributed by atoms with Gasteiger partial charge in [0.25, 0.3) is 5.56 Å². The predicted molar refractivity (Wildman–Crippen MR) is 133 cm³/mol. The molecule has 0 unspecified atom stereocenters. The van der Waals surface area contributed by atoms with Crippen molar-refractivity contribution in [2.75, 3.05) is 6.54 Å². The van der Waals surface area contributed by atoms with Gasteiger partial charge >= 0.3 is 0 Å². The number of hydrogen-bond donors (Lipinski definition) is 1. The summed E-state index contributed by atoms with van der Waals surface area (Å²) in [6.07, 6.45) is 4.26. The SMILES string of the molecule is O=C(CCc1ccccc1)NCCn1ncc2c(=O)n(Cc3cccc4ccccc34)cnc21. The number of fused-ring (bicyclic) bond motifs is 2. The normalized spacial score (nSPS) is 11.2. The van der Waals surface area contributed by atoms with E-state index >= 15 is 0 Å². The van der Waals surface area contributed by atoms with Gasteiger partial charge in [0.05, 0.1) is 19.3 Å². The Morgan fingerprint density at radius 3 is 2.59 bits per heavy atom. The lowest BCUT2D eigenvalue weighted by Crippen LogP contribution is -2.28. The van der Waals surface area contributed by atoms with Crippen LogP contribution in [0.25, 0.3) is 21.8 Å². The summed E-state index contributed by atoms with van der Waals surface area (Å²) >= 11 is 0. The quantitative estimate of drug-likeness (QED) is 0.391. The molecular weight excluding hydrogens is 426 g/mol. The van der Waals surface area contributed by atoms with Crippen LogP contribution < -0.4 is 10.9 Å². The Bertz CT molecular complexity index is 1500. The number of rotatable bonds is 8. The van der Waals surface area contributed by atoms with Crippen LogP contribution in [0.2, 0.25) is 0 Å². The first-order chi connectivity index (χ1) is 16.7. The van der Waals surface area contributed by atoms with Crippen molar-refractivity contribution in [2.24, 2.45) is 0 Å². The van der Waals surface area contributed by atoms with E-state index in [1.54, 1.807) is 21.8 Å². The monoisotopic (exact) mass is 451 g/mol. The lowest BCUT2D eigenvalue weighted by atomic mass is 10.0. The Kier molecular flexibility index (Phi) is 6.16. The third-order valence-corrected chi connectivity index (χ3v) is 5.97. The van der Waals surface area contributed by atoms with Gasteiger partial charge in [-0.25, -0.2) is 9.67 Å². The summed E-state index contributed by atoms with van der Waals surface area (Å²) in [5, 5.41) is 9.99. The lowest BCUT2D eigenvalue weighted by molar-refractivity contribution is -0.121. The van der Waals surface area contributed by atoms with Crippen LogP contribution in [0.4, 0.5) is 0 Å². The van der Waals surface area contributed by atoms with Crippen molar-refractivity contribution < 1.29 is 4.79 Å². The minimum Gasteiger partial charge on any atom is -0.354 e. The molecule has 0 aliphatic rings. The molecule has 0 spiro atoms. The van der Waals surface area contributed by atoms with Crippen molar-refractivity contribution in [3.05, 3.63) is 107 Å². The second kappa shape index (κ2) is 9.70. The largest absolute Gasteiger partial charge is 0.354 e. The van der Waals surface area contributed by atoms with E-state index in [1.807, 2.05) is 54.6 Å². The van der Waals surface area contributed by atoms with E-state index in [4.69, 9.17) is 0 Å². The van der Waals surface area contributed by atoms with E-state index in [2.05, 4.69) is 33.6 Å². The van der Waals surface area contributed by atoms with Crippen LogP contribution in [0.3, 0.4) is 0 Å². The smallest absolute Gasteiger partial charge is 0.264 e. The number of carbonyl (C=O) groups is 1. The van der Waals surface area contributed by atoms with E-state index in [-0.39, 0.29) is 11.5 Å². The summed E-state index contributed by atoms with van der Waals surface area (Å²) in [7, 11) is 0. The highest BCUT2D eigenvalue weighted by Crippen LogP contribution is 2.19. The average molecular weight is 452 g/mol. The maximum absolute atomic E-state index is 13.1. The number of hydrogen-bond acceptors (Lipinski definition) is 4. The van der Waals surface area contributed by atoms with Gasteiger partial charge in [0, 0.05) is 13.0 Å². The van der Waals surface area contributed by atoms with Crippen LogP contribution in [-0.4, -0.2) is 31.8 Å². The molecule has 0 saturated heterocycles. The zero-order valence-corrected chi connectivity index (χ0v) is 18.7. The molecule has 0 radical (unpaired) electrons. The molecule has 5 rings (SSSR count). The number of benzene rings is 3. The van der Waals surface area contributed by atoms with Crippen LogP contribution in [-0.2, 0) is 24.3 Å². The van der Waals surface area contributed by atoms with Crippen molar-refractivity contribution >= 4 is 27.7 Å². The van der Waals surface area contributed by atoms with Crippen molar-refractivity contribution in [2.45, 2.75) is 25.9 Å². The van der Waals surface area contributed by atoms with Gasteiger partial charge in [0.1, 0.15) is 11.7 Å². The van der Waals surface area contributed by atoms with Crippen molar-refractivity contribution in [3.8, 4) is 0 Å². The molecule has 3 aromatic carbocycles.